The number of rotatable bonds is 7. The van der Waals surface area contributed by atoms with Crippen molar-refractivity contribution in [2.45, 2.75) is 0 Å². The van der Waals surface area contributed by atoms with Crippen LogP contribution in [0.3, 0.4) is 0 Å². The summed E-state index contributed by atoms with van der Waals surface area (Å²) in [5.41, 5.74) is 13.0. The van der Waals surface area contributed by atoms with E-state index < -0.39 is 0 Å². The molecular weight excluding hydrogens is 613 g/mol. The van der Waals surface area contributed by atoms with Crippen LogP contribution in [-0.4, -0.2) is 4.40 Å². The first-order valence-electron chi connectivity index (χ1n) is 16.6. The summed E-state index contributed by atoms with van der Waals surface area (Å²) in [5.74, 6) is 0. The molecule has 0 radical (unpaired) electrons. The summed E-state index contributed by atoms with van der Waals surface area (Å²) >= 11 is 1.84. The molecule has 0 unspecified atom stereocenters. The lowest BCUT2D eigenvalue weighted by molar-refractivity contribution is 1.20. The zero-order valence-corrected chi connectivity index (χ0v) is 27.6. The van der Waals surface area contributed by atoms with Gasteiger partial charge in [-0.05, 0) is 105 Å². The molecule has 3 heteroatoms. The molecule has 0 bridgehead atoms. The van der Waals surface area contributed by atoms with Gasteiger partial charge in [-0.15, -0.1) is 11.3 Å². The zero-order chi connectivity index (χ0) is 32.6. The van der Waals surface area contributed by atoms with Crippen LogP contribution < -0.4 is 4.90 Å². The topological polar surface area (TPSA) is 7.65 Å². The summed E-state index contributed by atoms with van der Waals surface area (Å²) in [6, 6.07) is 65.6. The normalized spacial score (nSPS) is 11.3. The molecule has 0 aliphatic carbocycles. The number of hydrogen-bond donors (Lipinski definition) is 0. The van der Waals surface area contributed by atoms with Gasteiger partial charge in [0.15, 0.2) is 0 Å². The first kappa shape index (κ1) is 29.0. The van der Waals surface area contributed by atoms with E-state index in [0.29, 0.717) is 0 Å². The molecule has 0 amide bonds. The fraction of sp³-hybridized carbons (Fsp3) is 0. The van der Waals surface area contributed by atoms with Gasteiger partial charge in [0.05, 0.1) is 0 Å². The number of nitrogens with zero attached hydrogens (tertiary/aromatic N) is 2. The molecule has 9 aromatic rings. The second kappa shape index (κ2) is 12.5. The lowest BCUT2D eigenvalue weighted by Gasteiger charge is -2.26. The van der Waals surface area contributed by atoms with Crippen LogP contribution in [0.5, 0.6) is 0 Å². The van der Waals surface area contributed by atoms with Crippen LogP contribution in [0.2, 0.25) is 0 Å². The number of anilines is 3. The molecule has 0 fully saturated rings. The Hall–Kier alpha value is -6.16. The highest BCUT2D eigenvalue weighted by Gasteiger charge is 2.15. The maximum Gasteiger partial charge on any atom is 0.0462 e. The standard InChI is InChI=1S/C46H32N2S/c1-2-8-33(9-3-1)34-13-15-35(16-14-34)36-17-23-41(24-18-36)48(42-25-19-37(20-26-42)40-30-44-11-6-7-29-47(44)32-40)43-27-21-38(22-28-43)46-31-39-10-4-5-12-45(39)49-46/h1-32H. The van der Waals surface area contributed by atoms with Crippen molar-refractivity contribution in [1.82, 2.24) is 4.40 Å². The molecule has 0 N–H and O–H groups in total. The van der Waals surface area contributed by atoms with Crippen molar-refractivity contribution < 1.29 is 0 Å². The number of hydrogen-bond acceptors (Lipinski definition) is 2. The van der Waals surface area contributed by atoms with Gasteiger partial charge >= 0.3 is 0 Å². The summed E-state index contributed by atoms with van der Waals surface area (Å²) in [4.78, 5) is 3.63. The van der Waals surface area contributed by atoms with Crippen LogP contribution in [0.1, 0.15) is 0 Å². The Bertz CT molecular complexity index is 2320. The van der Waals surface area contributed by atoms with Crippen LogP contribution in [0, 0.1) is 0 Å². The third-order valence-electron chi connectivity index (χ3n) is 9.25. The van der Waals surface area contributed by atoms with Crippen molar-refractivity contribution in [2.24, 2.45) is 0 Å². The van der Waals surface area contributed by atoms with Gasteiger partial charge in [0.2, 0.25) is 0 Å². The summed E-state index contributed by atoms with van der Waals surface area (Å²) in [5, 5.41) is 1.29. The SMILES string of the molecule is c1ccc(-c2ccc(-c3ccc(N(c4ccc(-c5cc6ccccn6c5)cc4)c4ccc(-c5cc6ccccc6s5)cc4)cc3)cc2)cc1. The van der Waals surface area contributed by atoms with Gasteiger partial charge in [0.25, 0.3) is 0 Å². The Morgan fingerprint density at radius 3 is 1.47 bits per heavy atom. The quantitative estimate of drug-likeness (QED) is 0.168. The molecule has 3 heterocycles. The number of fused-ring (bicyclic) bond motifs is 2. The average molecular weight is 645 g/mol. The fourth-order valence-corrected chi connectivity index (χ4v) is 7.72. The van der Waals surface area contributed by atoms with E-state index in [0.717, 1.165) is 17.1 Å². The van der Waals surface area contributed by atoms with Crippen LogP contribution in [0.15, 0.2) is 194 Å². The highest BCUT2D eigenvalue weighted by Crippen LogP contribution is 2.39. The van der Waals surface area contributed by atoms with E-state index in [1.54, 1.807) is 0 Å². The van der Waals surface area contributed by atoms with E-state index in [1.165, 1.54) is 59.4 Å². The minimum absolute atomic E-state index is 1.11. The van der Waals surface area contributed by atoms with Crippen molar-refractivity contribution in [3.05, 3.63) is 194 Å². The first-order chi connectivity index (χ1) is 24.2. The highest BCUT2D eigenvalue weighted by molar-refractivity contribution is 7.22. The van der Waals surface area contributed by atoms with Crippen molar-refractivity contribution >= 4 is 44.0 Å². The summed E-state index contributed by atoms with van der Waals surface area (Å²) in [7, 11) is 0. The third kappa shape index (κ3) is 5.71. The molecule has 0 aliphatic rings. The number of pyridine rings is 1. The van der Waals surface area contributed by atoms with Crippen molar-refractivity contribution in [1.29, 1.82) is 0 Å². The molecule has 0 atom stereocenters. The van der Waals surface area contributed by atoms with Crippen LogP contribution in [0.25, 0.3) is 59.4 Å². The van der Waals surface area contributed by atoms with Crippen molar-refractivity contribution in [3.8, 4) is 43.8 Å². The summed E-state index contributed by atoms with van der Waals surface area (Å²) in [6.07, 6.45) is 4.29. The van der Waals surface area contributed by atoms with Crippen molar-refractivity contribution in [3.63, 3.8) is 0 Å². The predicted molar refractivity (Wildman–Crippen MR) is 209 cm³/mol. The van der Waals surface area contributed by atoms with Crippen LogP contribution in [0.4, 0.5) is 17.1 Å². The fourth-order valence-electron chi connectivity index (χ4n) is 6.65. The van der Waals surface area contributed by atoms with Gasteiger partial charge in [-0.3, -0.25) is 0 Å². The van der Waals surface area contributed by atoms with E-state index in [4.69, 9.17) is 0 Å². The maximum absolute atomic E-state index is 2.34. The molecule has 0 aliphatic heterocycles. The minimum Gasteiger partial charge on any atom is -0.323 e. The molecule has 0 saturated carbocycles. The van der Waals surface area contributed by atoms with E-state index in [-0.39, 0.29) is 0 Å². The molecule has 49 heavy (non-hydrogen) atoms. The molecule has 3 aromatic heterocycles. The molecule has 0 spiro atoms. The molecular formula is C46H32N2S. The number of benzene rings is 6. The highest BCUT2D eigenvalue weighted by atomic mass is 32.1. The average Bonchev–Trinajstić information content (AvgIpc) is 3.82. The van der Waals surface area contributed by atoms with E-state index in [1.807, 2.05) is 11.3 Å². The lowest BCUT2D eigenvalue weighted by atomic mass is 10.00. The number of aromatic nitrogens is 1. The Labute approximate surface area is 290 Å². The van der Waals surface area contributed by atoms with E-state index in [2.05, 4.69) is 204 Å². The van der Waals surface area contributed by atoms with Gasteiger partial charge in [0, 0.05) is 50.1 Å². The smallest absolute Gasteiger partial charge is 0.0462 e. The molecule has 6 aromatic carbocycles. The van der Waals surface area contributed by atoms with Gasteiger partial charge < -0.3 is 9.30 Å². The zero-order valence-electron chi connectivity index (χ0n) is 26.8. The molecule has 232 valence electrons. The summed E-state index contributed by atoms with van der Waals surface area (Å²) in [6.45, 7) is 0. The number of thiophene rings is 1. The Morgan fingerprint density at radius 2 is 0.878 bits per heavy atom. The van der Waals surface area contributed by atoms with Gasteiger partial charge in [-0.2, -0.15) is 0 Å². The monoisotopic (exact) mass is 644 g/mol. The lowest BCUT2D eigenvalue weighted by Crippen LogP contribution is -2.09. The molecule has 0 saturated heterocycles. The Kier molecular flexibility index (Phi) is 7.38. The second-order valence-corrected chi connectivity index (χ2v) is 13.4. The van der Waals surface area contributed by atoms with Gasteiger partial charge in [-0.1, -0.05) is 115 Å². The second-order valence-electron chi connectivity index (χ2n) is 12.3. The van der Waals surface area contributed by atoms with Crippen LogP contribution in [-0.2, 0) is 0 Å². The minimum atomic E-state index is 1.11. The van der Waals surface area contributed by atoms with E-state index >= 15 is 0 Å². The van der Waals surface area contributed by atoms with Crippen LogP contribution >= 0.6 is 11.3 Å². The summed E-state index contributed by atoms with van der Waals surface area (Å²) < 4.78 is 3.49. The van der Waals surface area contributed by atoms with Crippen molar-refractivity contribution in [2.75, 3.05) is 4.90 Å². The third-order valence-corrected chi connectivity index (χ3v) is 10.4. The molecule has 9 rings (SSSR count). The predicted octanol–water partition coefficient (Wildman–Crippen LogP) is 13.3. The van der Waals surface area contributed by atoms with E-state index in [9.17, 15) is 0 Å². The van der Waals surface area contributed by atoms with Gasteiger partial charge in [-0.25, -0.2) is 0 Å². The molecule has 2 nitrogen and oxygen atoms in total. The van der Waals surface area contributed by atoms with Gasteiger partial charge in [0.1, 0.15) is 0 Å². The largest absolute Gasteiger partial charge is 0.323 e. The Balaban J connectivity index is 1.06. The maximum atomic E-state index is 2.34. The Morgan fingerprint density at radius 1 is 0.388 bits per heavy atom. The first-order valence-corrected chi connectivity index (χ1v) is 17.4.